The van der Waals surface area contributed by atoms with Crippen molar-refractivity contribution in [2.75, 3.05) is 23.4 Å². The first-order valence-corrected chi connectivity index (χ1v) is 8.53. The van der Waals surface area contributed by atoms with Gasteiger partial charge in [-0.2, -0.15) is 0 Å². The smallest absolute Gasteiger partial charge is 0.260 e. The highest BCUT2D eigenvalue weighted by Gasteiger charge is 2.27. The second-order valence-electron chi connectivity index (χ2n) is 6.25. The van der Waals surface area contributed by atoms with Crippen LogP contribution >= 0.6 is 0 Å². The predicted octanol–water partition coefficient (Wildman–Crippen LogP) is 4.66. The minimum absolute atomic E-state index is 0.0586. The zero-order valence-corrected chi connectivity index (χ0v) is 14.2. The van der Waals surface area contributed by atoms with Gasteiger partial charge in [-0.25, -0.2) is 0 Å². The molecule has 0 aliphatic carbocycles. The molecule has 1 aliphatic rings. The monoisotopic (exact) mass is 328 g/mol. The highest BCUT2D eigenvalue weighted by molar-refractivity contribution is 6.11. The number of amides is 1. The number of anilines is 3. The van der Waals surface area contributed by atoms with Crippen molar-refractivity contribution in [1.82, 2.24) is 0 Å². The lowest BCUT2D eigenvalue weighted by atomic mass is 10.1. The van der Waals surface area contributed by atoms with Gasteiger partial charge in [0.15, 0.2) is 0 Å². The molecule has 0 radical (unpaired) electrons. The molecule has 3 aromatic rings. The van der Waals surface area contributed by atoms with Crippen LogP contribution < -0.4 is 9.80 Å². The number of nitrogens with zero attached hydrogens (tertiary/aromatic N) is 2. The van der Waals surface area contributed by atoms with Gasteiger partial charge in [0.05, 0.1) is 11.3 Å². The summed E-state index contributed by atoms with van der Waals surface area (Å²) in [5.74, 6) is 0.0586. The number of para-hydroxylation sites is 3. The Morgan fingerprint density at radius 1 is 0.880 bits per heavy atom. The average molecular weight is 328 g/mol. The highest BCUT2D eigenvalue weighted by Crippen LogP contribution is 2.32. The fraction of sp³-hybridized carbons (Fsp3) is 0.136. The van der Waals surface area contributed by atoms with Crippen LogP contribution in [-0.4, -0.2) is 19.5 Å². The minimum atomic E-state index is 0.0586. The summed E-state index contributed by atoms with van der Waals surface area (Å²) < 4.78 is 0. The summed E-state index contributed by atoms with van der Waals surface area (Å²) in [7, 11) is 2.00. The molecule has 0 fully saturated rings. The maximum absolute atomic E-state index is 13.3. The first-order chi connectivity index (χ1) is 12.3. The van der Waals surface area contributed by atoms with Gasteiger partial charge >= 0.3 is 0 Å². The average Bonchev–Trinajstić information content (AvgIpc) is 3.12. The third-order valence-electron chi connectivity index (χ3n) is 4.77. The Bertz CT molecular complexity index is 905. The zero-order valence-electron chi connectivity index (χ0n) is 14.2. The third kappa shape index (κ3) is 2.78. The molecule has 1 amide bonds. The van der Waals surface area contributed by atoms with Crippen LogP contribution in [0.5, 0.6) is 0 Å². The molecule has 3 aromatic carbocycles. The number of rotatable bonds is 3. The van der Waals surface area contributed by atoms with E-state index >= 15 is 0 Å². The van der Waals surface area contributed by atoms with Crippen molar-refractivity contribution in [3.63, 3.8) is 0 Å². The number of benzene rings is 3. The molecule has 0 atom stereocenters. The summed E-state index contributed by atoms with van der Waals surface area (Å²) >= 11 is 0. The van der Waals surface area contributed by atoms with Crippen LogP contribution in [0.25, 0.3) is 0 Å². The van der Waals surface area contributed by atoms with Gasteiger partial charge in [-0.1, -0.05) is 48.5 Å². The number of carbonyl (C=O) groups is 1. The van der Waals surface area contributed by atoms with E-state index in [1.165, 1.54) is 5.56 Å². The Morgan fingerprint density at radius 2 is 1.56 bits per heavy atom. The SMILES string of the molecule is CN(c1ccccc1)c1ccccc1C(=O)N1CCc2ccccc21. The van der Waals surface area contributed by atoms with Crippen LogP contribution in [-0.2, 0) is 6.42 Å². The summed E-state index contributed by atoms with van der Waals surface area (Å²) in [5, 5.41) is 0. The van der Waals surface area contributed by atoms with Crippen molar-refractivity contribution >= 4 is 23.0 Å². The largest absolute Gasteiger partial charge is 0.344 e. The van der Waals surface area contributed by atoms with E-state index in [0.717, 1.165) is 35.6 Å². The Morgan fingerprint density at radius 3 is 2.40 bits per heavy atom. The van der Waals surface area contributed by atoms with E-state index in [9.17, 15) is 4.79 Å². The maximum Gasteiger partial charge on any atom is 0.260 e. The van der Waals surface area contributed by atoms with Crippen molar-refractivity contribution in [2.45, 2.75) is 6.42 Å². The molecule has 0 bridgehead atoms. The van der Waals surface area contributed by atoms with E-state index in [-0.39, 0.29) is 5.91 Å². The van der Waals surface area contributed by atoms with Crippen LogP contribution in [0.1, 0.15) is 15.9 Å². The van der Waals surface area contributed by atoms with Gasteiger partial charge in [0.25, 0.3) is 5.91 Å². The summed E-state index contributed by atoms with van der Waals surface area (Å²) in [4.78, 5) is 17.2. The molecule has 0 aromatic heterocycles. The van der Waals surface area contributed by atoms with Gasteiger partial charge < -0.3 is 9.80 Å². The van der Waals surface area contributed by atoms with Crippen LogP contribution in [0, 0.1) is 0 Å². The van der Waals surface area contributed by atoms with E-state index in [1.807, 2.05) is 84.7 Å². The van der Waals surface area contributed by atoms with Crippen LogP contribution in [0.2, 0.25) is 0 Å². The lowest BCUT2D eigenvalue weighted by Gasteiger charge is -2.25. The number of fused-ring (bicyclic) bond motifs is 1. The van der Waals surface area contributed by atoms with Gasteiger partial charge in [0.1, 0.15) is 0 Å². The fourth-order valence-corrected chi connectivity index (χ4v) is 3.43. The van der Waals surface area contributed by atoms with E-state index < -0.39 is 0 Å². The molecular formula is C22H20N2O. The van der Waals surface area contributed by atoms with Gasteiger partial charge in [0.2, 0.25) is 0 Å². The summed E-state index contributed by atoms with van der Waals surface area (Å²) in [6.07, 6.45) is 0.915. The predicted molar refractivity (Wildman–Crippen MR) is 103 cm³/mol. The molecule has 1 heterocycles. The molecule has 0 saturated carbocycles. The molecule has 0 unspecified atom stereocenters. The first-order valence-electron chi connectivity index (χ1n) is 8.53. The first kappa shape index (κ1) is 15.5. The maximum atomic E-state index is 13.3. The van der Waals surface area contributed by atoms with Crippen LogP contribution in [0.3, 0.4) is 0 Å². The summed E-state index contributed by atoms with van der Waals surface area (Å²) in [6.45, 7) is 0.738. The minimum Gasteiger partial charge on any atom is -0.344 e. The quantitative estimate of drug-likeness (QED) is 0.698. The lowest BCUT2D eigenvalue weighted by Crippen LogP contribution is -2.30. The molecule has 1 aliphatic heterocycles. The molecule has 0 spiro atoms. The molecule has 3 nitrogen and oxygen atoms in total. The third-order valence-corrected chi connectivity index (χ3v) is 4.77. The van der Waals surface area contributed by atoms with Gasteiger partial charge in [-0.05, 0) is 42.3 Å². The van der Waals surface area contributed by atoms with Crippen molar-refractivity contribution < 1.29 is 4.79 Å². The highest BCUT2D eigenvalue weighted by atomic mass is 16.2. The molecule has 4 rings (SSSR count). The standard InChI is InChI=1S/C22H20N2O/c1-23(18-10-3-2-4-11-18)21-14-8-6-12-19(21)22(25)24-16-15-17-9-5-7-13-20(17)24/h2-14H,15-16H2,1H3. The van der Waals surface area contributed by atoms with Crippen molar-refractivity contribution in [3.8, 4) is 0 Å². The number of hydrogen-bond acceptors (Lipinski definition) is 2. The summed E-state index contributed by atoms with van der Waals surface area (Å²) in [5.41, 5.74) is 4.98. The Kier molecular flexibility index (Phi) is 3.98. The van der Waals surface area contributed by atoms with E-state index in [4.69, 9.17) is 0 Å². The second-order valence-corrected chi connectivity index (χ2v) is 6.25. The molecule has 25 heavy (non-hydrogen) atoms. The van der Waals surface area contributed by atoms with Crippen molar-refractivity contribution in [1.29, 1.82) is 0 Å². The number of carbonyl (C=O) groups excluding carboxylic acids is 1. The van der Waals surface area contributed by atoms with Crippen LogP contribution in [0.4, 0.5) is 17.1 Å². The van der Waals surface area contributed by atoms with Crippen LogP contribution in [0.15, 0.2) is 78.9 Å². The Labute approximate surface area is 148 Å². The van der Waals surface area contributed by atoms with Crippen molar-refractivity contribution in [3.05, 3.63) is 90.0 Å². The Hall–Kier alpha value is -3.07. The van der Waals surface area contributed by atoms with Gasteiger partial charge in [-0.15, -0.1) is 0 Å². The topological polar surface area (TPSA) is 23.6 Å². The van der Waals surface area contributed by atoms with Gasteiger partial charge in [-0.3, -0.25) is 4.79 Å². The molecule has 0 N–H and O–H groups in total. The molecule has 124 valence electrons. The number of hydrogen-bond donors (Lipinski definition) is 0. The van der Waals surface area contributed by atoms with Gasteiger partial charge in [0, 0.05) is 25.0 Å². The molecule has 3 heteroatoms. The summed E-state index contributed by atoms with van der Waals surface area (Å²) in [6, 6.07) is 26.1. The molecule has 0 saturated heterocycles. The van der Waals surface area contributed by atoms with E-state index in [2.05, 4.69) is 11.0 Å². The molecular weight excluding hydrogens is 308 g/mol. The van der Waals surface area contributed by atoms with E-state index in [0.29, 0.717) is 0 Å². The second kappa shape index (κ2) is 6.44. The Balaban J connectivity index is 1.71. The zero-order chi connectivity index (χ0) is 17.2. The van der Waals surface area contributed by atoms with E-state index in [1.54, 1.807) is 0 Å². The van der Waals surface area contributed by atoms with Crippen molar-refractivity contribution in [2.24, 2.45) is 0 Å². The normalized spacial score (nSPS) is 12.8. The fourth-order valence-electron chi connectivity index (χ4n) is 3.43. The lowest BCUT2D eigenvalue weighted by molar-refractivity contribution is 0.0990.